The molecule has 6 N–H and O–H groups in total. The van der Waals surface area contributed by atoms with E-state index in [2.05, 4.69) is 9.97 Å². The third-order valence-corrected chi connectivity index (χ3v) is 3.65. The SMILES string of the molecule is Cn1c(=O)c2[nH]c([C@H](O)[C@@H](O)[C@H](O)[C@H](O)CO)nc2n(C)c1=O. The molecule has 0 aliphatic rings. The van der Waals surface area contributed by atoms with E-state index < -0.39 is 42.3 Å². The summed E-state index contributed by atoms with van der Waals surface area (Å²) in [4.78, 5) is 30.2. The van der Waals surface area contributed by atoms with E-state index >= 15 is 0 Å². The lowest BCUT2D eigenvalue weighted by molar-refractivity contribution is -0.117. The van der Waals surface area contributed by atoms with Crippen molar-refractivity contribution in [2.45, 2.75) is 24.4 Å². The number of nitrogens with one attached hydrogen (secondary N) is 1. The largest absolute Gasteiger partial charge is 0.394 e. The molecule has 0 fully saturated rings. The third kappa shape index (κ3) is 2.80. The summed E-state index contributed by atoms with van der Waals surface area (Å²) in [7, 11) is 2.65. The van der Waals surface area contributed by atoms with Crippen molar-refractivity contribution in [3.63, 3.8) is 0 Å². The summed E-state index contributed by atoms with van der Waals surface area (Å²) in [6.07, 6.45) is -7.16. The van der Waals surface area contributed by atoms with Crippen molar-refractivity contribution in [3.05, 3.63) is 26.7 Å². The molecule has 2 aromatic heterocycles. The number of aryl methyl sites for hydroxylation is 1. The summed E-state index contributed by atoms with van der Waals surface area (Å²) >= 11 is 0. The number of aromatic nitrogens is 4. The van der Waals surface area contributed by atoms with Gasteiger partial charge in [-0.1, -0.05) is 0 Å². The van der Waals surface area contributed by atoms with Gasteiger partial charge in [-0.3, -0.25) is 13.9 Å². The van der Waals surface area contributed by atoms with Crippen molar-refractivity contribution < 1.29 is 25.5 Å². The fraction of sp³-hybridized carbons (Fsp3) is 0.583. The minimum Gasteiger partial charge on any atom is -0.394 e. The first-order valence-electron chi connectivity index (χ1n) is 6.69. The van der Waals surface area contributed by atoms with Crippen LogP contribution in [0.2, 0.25) is 0 Å². The van der Waals surface area contributed by atoms with Crippen LogP contribution in [-0.2, 0) is 14.1 Å². The van der Waals surface area contributed by atoms with Crippen molar-refractivity contribution in [3.8, 4) is 0 Å². The van der Waals surface area contributed by atoms with Gasteiger partial charge in [-0.05, 0) is 0 Å². The van der Waals surface area contributed by atoms with Crippen LogP contribution >= 0.6 is 0 Å². The lowest BCUT2D eigenvalue weighted by Gasteiger charge is -2.24. The number of nitrogens with zero attached hydrogens (tertiary/aromatic N) is 3. The maximum absolute atomic E-state index is 12.0. The molecule has 0 aromatic carbocycles. The van der Waals surface area contributed by atoms with Crippen molar-refractivity contribution in [2.24, 2.45) is 14.1 Å². The van der Waals surface area contributed by atoms with Crippen molar-refractivity contribution in [1.29, 1.82) is 0 Å². The quantitative estimate of drug-likeness (QED) is 0.322. The van der Waals surface area contributed by atoms with E-state index in [0.29, 0.717) is 0 Å². The average Bonchev–Trinajstić information content (AvgIpc) is 3.00. The van der Waals surface area contributed by atoms with Gasteiger partial charge in [0.05, 0.1) is 6.61 Å². The second kappa shape index (κ2) is 6.22. The van der Waals surface area contributed by atoms with E-state index in [9.17, 15) is 30.0 Å². The average molecular weight is 330 g/mol. The monoisotopic (exact) mass is 330 g/mol. The molecule has 11 nitrogen and oxygen atoms in total. The number of hydrogen-bond acceptors (Lipinski definition) is 8. The Morgan fingerprint density at radius 2 is 1.70 bits per heavy atom. The smallest absolute Gasteiger partial charge is 0.332 e. The topological polar surface area (TPSA) is 174 Å². The van der Waals surface area contributed by atoms with Gasteiger partial charge in [0.1, 0.15) is 35.8 Å². The molecule has 2 heterocycles. The zero-order valence-electron chi connectivity index (χ0n) is 12.4. The van der Waals surface area contributed by atoms with E-state index in [1.807, 2.05) is 0 Å². The van der Waals surface area contributed by atoms with Crippen LogP contribution in [0, 0.1) is 0 Å². The lowest BCUT2D eigenvalue weighted by Crippen LogP contribution is -2.42. The normalized spacial score (nSPS) is 17.2. The van der Waals surface area contributed by atoms with Crippen molar-refractivity contribution in [2.75, 3.05) is 6.61 Å². The van der Waals surface area contributed by atoms with E-state index in [1.165, 1.54) is 14.1 Å². The molecule has 0 radical (unpaired) electrons. The van der Waals surface area contributed by atoms with Crippen molar-refractivity contribution >= 4 is 11.2 Å². The first-order chi connectivity index (χ1) is 10.7. The van der Waals surface area contributed by atoms with Crippen LogP contribution in [0.1, 0.15) is 11.9 Å². The van der Waals surface area contributed by atoms with Gasteiger partial charge in [0.2, 0.25) is 0 Å². The van der Waals surface area contributed by atoms with Gasteiger partial charge in [0, 0.05) is 14.1 Å². The van der Waals surface area contributed by atoms with Gasteiger partial charge in [-0.15, -0.1) is 0 Å². The molecule has 128 valence electrons. The Labute approximate surface area is 128 Å². The molecule has 0 aliphatic carbocycles. The van der Waals surface area contributed by atoms with Crippen LogP contribution < -0.4 is 11.2 Å². The molecule has 0 bridgehead atoms. The minimum atomic E-state index is -1.88. The third-order valence-electron chi connectivity index (χ3n) is 3.65. The summed E-state index contributed by atoms with van der Waals surface area (Å²) in [6.45, 7) is -0.819. The van der Waals surface area contributed by atoms with Gasteiger partial charge in [0.25, 0.3) is 5.56 Å². The summed E-state index contributed by atoms with van der Waals surface area (Å²) in [5.74, 6) is -0.269. The summed E-state index contributed by atoms with van der Waals surface area (Å²) in [6, 6.07) is 0. The van der Waals surface area contributed by atoms with Crippen LogP contribution in [0.3, 0.4) is 0 Å². The first kappa shape index (κ1) is 17.3. The molecule has 0 aliphatic heterocycles. The number of aromatic amines is 1. The number of fused-ring (bicyclic) bond motifs is 1. The molecular formula is C12H18N4O7. The van der Waals surface area contributed by atoms with E-state index in [4.69, 9.17) is 5.11 Å². The van der Waals surface area contributed by atoms with E-state index in [-0.39, 0.29) is 17.0 Å². The number of aliphatic hydroxyl groups is 5. The molecule has 4 atom stereocenters. The van der Waals surface area contributed by atoms with Gasteiger partial charge in [0.15, 0.2) is 5.65 Å². The predicted molar refractivity (Wildman–Crippen MR) is 76.6 cm³/mol. The lowest BCUT2D eigenvalue weighted by atomic mass is 10.0. The highest BCUT2D eigenvalue weighted by molar-refractivity contribution is 5.69. The highest BCUT2D eigenvalue weighted by Gasteiger charge is 2.33. The Bertz CT molecular complexity index is 823. The van der Waals surface area contributed by atoms with Crippen LogP contribution in [0.25, 0.3) is 11.2 Å². The second-order valence-electron chi connectivity index (χ2n) is 5.20. The summed E-state index contributed by atoms with van der Waals surface area (Å²) in [5, 5.41) is 47.5. The molecule has 0 saturated carbocycles. The summed E-state index contributed by atoms with van der Waals surface area (Å²) in [5.41, 5.74) is -1.38. The van der Waals surface area contributed by atoms with Crippen LogP contribution in [0.15, 0.2) is 9.59 Å². The Balaban J connectivity index is 2.49. The molecule has 2 rings (SSSR count). The standard InChI is InChI=1S/C12H18N4O7/c1-15-10-5(11(22)16(2)12(15)23)13-9(14-10)8(21)7(20)6(19)4(18)3-17/h4,6-8,17-21H,3H2,1-2H3,(H,13,14)/t4-,6-,7+,8-/m1/s1. The number of aliphatic hydroxyl groups excluding tert-OH is 5. The predicted octanol–water partition coefficient (Wildman–Crippen LogP) is -3.93. The van der Waals surface area contributed by atoms with Gasteiger partial charge < -0.3 is 30.5 Å². The molecule has 0 unspecified atom stereocenters. The Morgan fingerprint density at radius 1 is 1.09 bits per heavy atom. The number of H-pyrrole nitrogens is 1. The fourth-order valence-electron chi connectivity index (χ4n) is 2.17. The maximum Gasteiger partial charge on any atom is 0.332 e. The molecule has 11 heteroatoms. The molecule has 0 amide bonds. The van der Waals surface area contributed by atoms with Crippen molar-refractivity contribution in [1.82, 2.24) is 19.1 Å². The number of hydrogen-bond donors (Lipinski definition) is 6. The van der Waals surface area contributed by atoms with Crippen LogP contribution in [0.4, 0.5) is 0 Å². The van der Waals surface area contributed by atoms with E-state index in [0.717, 1.165) is 9.13 Å². The molecule has 0 saturated heterocycles. The zero-order chi connectivity index (χ0) is 17.5. The Morgan fingerprint density at radius 3 is 2.26 bits per heavy atom. The molecular weight excluding hydrogens is 312 g/mol. The van der Waals surface area contributed by atoms with E-state index in [1.54, 1.807) is 0 Å². The number of rotatable bonds is 5. The highest BCUT2D eigenvalue weighted by Crippen LogP contribution is 2.19. The minimum absolute atomic E-state index is 0.0310. The fourth-order valence-corrected chi connectivity index (χ4v) is 2.17. The summed E-state index contributed by atoms with van der Waals surface area (Å²) < 4.78 is 1.92. The Hall–Kier alpha value is -2.05. The zero-order valence-corrected chi connectivity index (χ0v) is 12.4. The Kier molecular flexibility index (Phi) is 4.68. The van der Waals surface area contributed by atoms with Gasteiger partial charge >= 0.3 is 5.69 Å². The van der Waals surface area contributed by atoms with Gasteiger partial charge in [-0.25, -0.2) is 9.78 Å². The second-order valence-corrected chi connectivity index (χ2v) is 5.20. The first-order valence-corrected chi connectivity index (χ1v) is 6.69. The highest BCUT2D eigenvalue weighted by atomic mass is 16.4. The van der Waals surface area contributed by atoms with Crippen LogP contribution in [0.5, 0.6) is 0 Å². The molecule has 23 heavy (non-hydrogen) atoms. The van der Waals surface area contributed by atoms with Crippen LogP contribution in [-0.4, -0.2) is 69.6 Å². The number of imidazole rings is 1. The molecule has 2 aromatic rings. The maximum atomic E-state index is 12.0. The van der Waals surface area contributed by atoms with Gasteiger partial charge in [-0.2, -0.15) is 0 Å². The molecule has 0 spiro atoms.